The third-order valence-electron chi connectivity index (χ3n) is 3.57. The van der Waals surface area contributed by atoms with Gasteiger partial charge in [-0.3, -0.25) is 0 Å². The maximum absolute atomic E-state index is 12.8. The van der Waals surface area contributed by atoms with Crippen molar-refractivity contribution in [2.45, 2.75) is 17.4 Å². The summed E-state index contributed by atoms with van der Waals surface area (Å²) in [5.41, 5.74) is 0. The summed E-state index contributed by atoms with van der Waals surface area (Å²) in [6.45, 7) is 1.37. The van der Waals surface area contributed by atoms with Gasteiger partial charge in [0.1, 0.15) is 9.77 Å². The summed E-state index contributed by atoms with van der Waals surface area (Å²) in [4.78, 5) is 12.1. The van der Waals surface area contributed by atoms with E-state index in [9.17, 15) is 13.2 Å². The van der Waals surface area contributed by atoms with Crippen molar-refractivity contribution in [1.29, 1.82) is 0 Å². The molecule has 0 spiro atoms. The predicted octanol–water partition coefficient (Wildman–Crippen LogP) is 1.33. The molecule has 1 saturated heterocycles. The number of benzene rings is 1. The molecule has 1 atom stereocenters. The molecule has 0 bridgehead atoms. The van der Waals surface area contributed by atoms with Gasteiger partial charge in [0.15, 0.2) is 0 Å². The molecule has 1 aromatic heterocycles. The molecule has 0 saturated carbocycles. The first kappa shape index (κ1) is 15.4. The first-order chi connectivity index (χ1) is 10.5. The summed E-state index contributed by atoms with van der Waals surface area (Å²) in [7, 11) is -2.55. The van der Waals surface area contributed by atoms with Crippen molar-refractivity contribution in [3.63, 3.8) is 0 Å². The normalized spacial score (nSPS) is 18.7. The fourth-order valence-electron chi connectivity index (χ4n) is 2.55. The highest BCUT2D eigenvalue weighted by molar-refractivity contribution is 7.90. The van der Waals surface area contributed by atoms with Crippen LogP contribution in [0.15, 0.2) is 29.2 Å². The summed E-state index contributed by atoms with van der Waals surface area (Å²) in [6.07, 6.45) is 0.731. The van der Waals surface area contributed by atoms with E-state index in [2.05, 4.69) is 10.0 Å². The fourth-order valence-corrected chi connectivity index (χ4v) is 5.64. The van der Waals surface area contributed by atoms with E-state index in [-0.39, 0.29) is 15.8 Å². The average molecular weight is 340 g/mol. The average Bonchev–Trinajstić information content (AvgIpc) is 3.12. The first-order valence-electron chi connectivity index (χ1n) is 6.86. The molecule has 118 valence electrons. The summed E-state index contributed by atoms with van der Waals surface area (Å²) in [6, 6.07) is 6.91. The Labute approximate surface area is 132 Å². The van der Waals surface area contributed by atoms with Crippen molar-refractivity contribution in [2.75, 3.05) is 20.2 Å². The Morgan fingerprint density at radius 3 is 2.86 bits per heavy atom. The summed E-state index contributed by atoms with van der Waals surface area (Å²) >= 11 is 1.13. The molecule has 3 rings (SSSR count). The van der Waals surface area contributed by atoms with Crippen LogP contribution in [-0.2, 0) is 14.8 Å². The van der Waals surface area contributed by atoms with E-state index in [1.54, 1.807) is 18.2 Å². The highest BCUT2D eigenvalue weighted by Gasteiger charge is 2.31. The lowest BCUT2D eigenvalue weighted by molar-refractivity contribution is 0.0602. The highest BCUT2D eigenvalue weighted by Crippen LogP contribution is 2.35. The van der Waals surface area contributed by atoms with Crippen molar-refractivity contribution in [1.82, 2.24) is 10.0 Å². The molecule has 0 radical (unpaired) electrons. The summed E-state index contributed by atoms with van der Waals surface area (Å²) in [5, 5.41) is 3.66. The topological polar surface area (TPSA) is 84.5 Å². The second-order valence-electron chi connectivity index (χ2n) is 5.06. The van der Waals surface area contributed by atoms with Crippen LogP contribution < -0.4 is 10.0 Å². The molecule has 2 aromatic rings. The van der Waals surface area contributed by atoms with Gasteiger partial charge in [-0.05, 0) is 19.0 Å². The highest BCUT2D eigenvalue weighted by atomic mass is 32.2. The summed E-state index contributed by atoms with van der Waals surface area (Å²) < 4.78 is 33.7. The van der Waals surface area contributed by atoms with E-state index in [1.807, 2.05) is 6.07 Å². The van der Waals surface area contributed by atoms with Crippen LogP contribution in [-0.4, -0.2) is 40.6 Å². The monoisotopic (exact) mass is 340 g/mol. The van der Waals surface area contributed by atoms with Crippen LogP contribution in [0, 0.1) is 0 Å². The molecule has 1 aliphatic rings. The Balaban J connectivity index is 2.12. The van der Waals surface area contributed by atoms with Crippen molar-refractivity contribution in [2.24, 2.45) is 0 Å². The number of fused-ring (bicyclic) bond motifs is 1. The zero-order valence-electron chi connectivity index (χ0n) is 12.0. The molecule has 2 heterocycles. The number of methoxy groups -OCH3 is 1. The fraction of sp³-hybridized carbons (Fsp3) is 0.357. The SMILES string of the molecule is COC(=O)c1sc2ccccc2c1S(=O)(=O)NC1CCNC1. The van der Waals surface area contributed by atoms with Crippen LogP contribution >= 0.6 is 11.3 Å². The van der Waals surface area contributed by atoms with E-state index in [4.69, 9.17) is 4.74 Å². The number of rotatable bonds is 4. The van der Waals surface area contributed by atoms with Gasteiger partial charge in [-0.15, -0.1) is 11.3 Å². The molecule has 22 heavy (non-hydrogen) atoms. The van der Waals surface area contributed by atoms with E-state index in [0.29, 0.717) is 11.9 Å². The van der Waals surface area contributed by atoms with Gasteiger partial charge in [0.25, 0.3) is 0 Å². The maximum atomic E-state index is 12.8. The first-order valence-corrected chi connectivity index (χ1v) is 9.16. The smallest absolute Gasteiger partial charge is 0.349 e. The molecule has 1 unspecified atom stereocenters. The number of carbonyl (C=O) groups is 1. The van der Waals surface area contributed by atoms with Gasteiger partial charge in [-0.1, -0.05) is 18.2 Å². The molecular weight excluding hydrogens is 324 g/mol. The number of carbonyl (C=O) groups excluding carboxylic acids is 1. The molecule has 0 amide bonds. The Kier molecular flexibility index (Phi) is 4.18. The minimum atomic E-state index is -3.79. The lowest BCUT2D eigenvalue weighted by atomic mass is 10.2. The van der Waals surface area contributed by atoms with Gasteiger partial charge in [0.2, 0.25) is 10.0 Å². The number of hydrogen-bond donors (Lipinski definition) is 2. The van der Waals surface area contributed by atoms with Gasteiger partial charge < -0.3 is 10.1 Å². The zero-order valence-corrected chi connectivity index (χ0v) is 13.6. The molecule has 1 aliphatic heterocycles. The van der Waals surface area contributed by atoms with Gasteiger partial charge in [-0.2, -0.15) is 0 Å². The molecule has 8 heteroatoms. The molecular formula is C14H16N2O4S2. The van der Waals surface area contributed by atoms with Gasteiger partial charge in [-0.25, -0.2) is 17.9 Å². The quantitative estimate of drug-likeness (QED) is 0.820. The lowest BCUT2D eigenvalue weighted by Gasteiger charge is -2.12. The van der Waals surface area contributed by atoms with E-state index in [0.717, 1.165) is 29.0 Å². The lowest BCUT2D eigenvalue weighted by Crippen LogP contribution is -2.36. The summed E-state index contributed by atoms with van der Waals surface area (Å²) in [5.74, 6) is -0.633. The number of hydrogen-bond acceptors (Lipinski definition) is 6. The molecule has 6 nitrogen and oxygen atoms in total. The van der Waals surface area contributed by atoms with E-state index < -0.39 is 16.0 Å². The Morgan fingerprint density at radius 1 is 1.41 bits per heavy atom. The van der Waals surface area contributed by atoms with E-state index in [1.165, 1.54) is 7.11 Å². The largest absolute Gasteiger partial charge is 0.465 e. The molecule has 2 N–H and O–H groups in total. The van der Waals surface area contributed by atoms with Crippen LogP contribution in [0.1, 0.15) is 16.1 Å². The standard InChI is InChI=1S/C14H16N2O4S2/c1-20-14(17)12-13(10-4-2-3-5-11(10)21-12)22(18,19)16-9-6-7-15-8-9/h2-5,9,15-16H,6-8H2,1H3. The minimum absolute atomic E-state index is 0.0202. The van der Waals surface area contributed by atoms with E-state index >= 15 is 0 Å². The van der Waals surface area contributed by atoms with Crippen LogP contribution in [0.25, 0.3) is 10.1 Å². The van der Waals surface area contributed by atoms with Crippen molar-refractivity contribution >= 4 is 37.4 Å². The Bertz CT molecular complexity index is 807. The predicted molar refractivity (Wildman–Crippen MR) is 84.8 cm³/mol. The second-order valence-corrected chi connectivity index (χ2v) is 7.76. The van der Waals surface area contributed by atoms with Crippen LogP contribution in [0.2, 0.25) is 0 Å². The van der Waals surface area contributed by atoms with Crippen molar-refractivity contribution in [3.05, 3.63) is 29.1 Å². The van der Waals surface area contributed by atoms with Crippen LogP contribution in [0.4, 0.5) is 0 Å². The zero-order chi connectivity index (χ0) is 15.7. The van der Waals surface area contributed by atoms with Gasteiger partial charge in [0.05, 0.1) is 7.11 Å². The number of thiophene rings is 1. The van der Waals surface area contributed by atoms with Crippen LogP contribution in [0.5, 0.6) is 0 Å². The van der Waals surface area contributed by atoms with Gasteiger partial charge >= 0.3 is 5.97 Å². The third-order valence-corrected chi connectivity index (χ3v) is 6.46. The maximum Gasteiger partial charge on any atom is 0.349 e. The third kappa shape index (κ3) is 2.74. The minimum Gasteiger partial charge on any atom is -0.465 e. The Hall–Kier alpha value is -1.48. The van der Waals surface area contributed by atoms with Crippen molar-refractivity contribution in [3.8, 4) is 0 Å². The van der Waals surface area contributed by atoms with Crippen molar-refractivity contribution < 1.29 is 17.9 Å². The number of nitrogens with one attached hydrogen (secondary N) is 2. The molecule has 1 fully saturated rings. The number of esters is 1. The van der Waals surface area contributed by atoms with Crippen LogP contribution in [0.3, 0.4) is 0 Å². The number of ether oxygens (including phenoxy) is 1. The molecule has 0 aliphatic carbocycles. The second kappa shape index (κ2) is 5.96. The molecule has 1 aromatic carbocycles. The number of sulfonamides is 1. The Morgan fingerprint density at radius 2 is 2.18 bits per heavy atom. The van der Waals surface area contributed by atoms with Gasteiger partial charge in [0, 0.05) is 22.7 Å².